The molecule has 0 unspecified atom stereocenters. The number of nitrogens with one attached hydrogen (secondary N) is 1. The normalized spacial score (nSPS) is 19.2. The number of ether oxygens (including phenoxy) is 1. The van der Waals surface area contributed by atoms with Crippen LogP contribution in [0.25, 0.3) is 0 Å². The lowest BCUT2D eigenvalue weighted by atomic mass is 9.96. The second-order valence-corrected chi connectivity index (χ2v) is 3.79. The average Bonchev–Trinajstić information content (AvgIpc) is 2.13. The standard InChI is InChI=1S/C11H12F3NO.ClH/c1-16-9-5-7(10-2-3-15-10)4-8(6-9)11(12,13)14;/h4-6,10,15H,2-3H2,1H3;1H/t10-;/m0./s1. The highest BCUT2D eigenvalue weighted by Gasteiger charge is 2.32. The Labute approximate surface area is 104 Å². The van der Waals surface area contributed by atoms with Crippen LogP contribution in [0.5, 0.6) is 5.75 Å². The van der Waals surface area contributed by atoms with Crippen molar-refractivity contribution in [3.8, 4) is 5.75 Å². The monoisotopic (exact) mass is 267 g/mol. The third-order valence-corrected chi connectivity index (χ3v) is 2.72. The number of hydrogen-bond acceptors (Lipinski definition) is 2. The van der Waals surface area contributed by atoms with E-state index in [9.17, 15) is 13.2 Å². The maximum Gasteiger partial charge on any atom is 0.416 e. The molecule has 1 aliphatic rings. The molecule has 1 heterocycles. The predicted molar refractivity (Wildman–Crippen MR) is 60.6 cm³/mol. The molecule has 17 heavy (non-hydrogen) atoms. The lowest BCUT2D eigenvalue weighted by molar-refractivity contribution is -0.137. The van der Waals surface area contributed by atoms with E-state index in [1.165, 1.54) is 13.2 Å². The summed E-state index contributed by atoms with van der Waals surface area (Å²) in [6, 6.07) is 3.87. The quantitative estimate of drug-likeness (QED) is 0.889. The number of methoxy groups -OCH3 is 1. The molecular weight excluding hydrogens is 255 g/mol. The van der Waals surface area contributed by atoms with Crippen molar-refractivity contribution >= 4 is 12.4 Å². The van der Waals surface area contributed by atoms with Gasteiger partial charge in [0, 0.05) is 6.04 Å². The molecule has 1 aromatic carbocycles. The molecule has 0 aliphatic carbocycles. The average molecular weight is 268 g/mol. The molecule has 1 atom stereocenters. The minimum Gasteiger partial charge on any atom is -0.497 e. The Bertz CT molecular complexity index is 391. The highest BCUT2D eigenvalue weighted by atomic mass is 35.5. The van der Waals surface area contributed by atoms with Crippen LogP contribution in [0.2, 0.25) is 0 Å². The fourth-order valence-electron chi connectivity index (χ4n) is 1.68. The summed E-state index contributed by atoms with van der Waals surface area (Å²) in [5.74, 6) is 0.249. The lowest BCUT2D eigenvalue weighted by Crippen LogP contribution is -2.35. The van der Waals surface area contributed by atoms with Crippen LogP contribution in [0.4, 0.5) is 13.2 Å². The van der Waals surface area contributed by atoms with Gasteiger partial charge in [-0.05, 0) is 36.7 Å². The molecule has 1 saturated heterocycles. The summed E-state index contributed by atoms with van der Waals surface area (Å²) in [5, 5.41) is 3.07. The van der Waals surface area contributed by atoms with Gasteiger partial charge >= 0.3 is 6.18 Å². The van der Waals surface area contributed by atoms with Crippen molar-refractivity contribution in [1.29, 1.82) is 0 Å². The maximum atomic E-state index is 12.6. The van der Waals surface area contributed by atoms with Crippen molar-refractivity contribution in [3.63, 3.8) is 0 Å². The molecule has 0 aromatic heterocycles. The number of benzene rings is 1. The topological polar surface area (TPSA) is 21.3 Å². The molecule has 0 bridgehead atoms. The summed E-state index contributed by atoms with van der Waals surface area (Å²) >= 11 is 0. The molecule has 0 spiro atoms. The summed E-state index contributed by atoms with van der Waals surface area (Å²) in [4.78, 5) is 0. The molecule has 6 heteroatoms. The lowest BCUT2D eigenvalue weighted by Gasteiger charge is -2.28. The second-order valence-electron chi connectivity index (χ2n) is 3.79. The Hall–Kier alpha value is -0.940. The van der Waals surface area contributed by atoms with Gasteiger partial charge in [0.05, 0.1) is 12.7 Å². The summed E-state index contributed by atoms with van der Waals surface area (Å²) in [6.45, 7) is 0.850. The van der Waals surface area contributed by atoms with Gasteiger partial charge in [0.15, 0.2) is 0 Å². The minimum atomic E-state index is -4.33. The fraction of sp³-hybridized carbons (Fsp3) is 0.455. The zero-order chi connectivity index (χ0) is 11.8. The van der Waals surface area contributed by atoms with Gasteiger partial charge in [0.25, 0.3) is 0 Å². The van der Waals surface area contributed by atoms with Crippen molar-refractivity contribution < 1.29 is 17.9 Å². The van der Waals surface area contributed by atoms with Gasteiger partial charge in [-0.1, -0.05) is 0 Å². The van der Waals surface area contributed by atoms with E-state index in [4.69, 9.17) is 4.74 Å². The third-order valence-electron chi connectivity index (χ3n) is 2.72. The van der Waals surface area contributed by atoms with Crippen molar-refractivity contribution in [1.82, 2.24) is 5.32 Å². The van der Waals surface area contributed by atoms with E-state index in [1.807, 2.05) is 0 Å². The summed E-state index contributed by atoms with van der Waals surface area (Å²) < 4.78 is 42.7. The Morgan fingerprint density at radius 2 is 1.94 bits per heavy atom. The minimum absolute atomic E-state index is 0. The van der Waals surface area contributed by atoms with Crippen LogP contribution < -0.4 is 10.1 Å². The van der Waals surface area contributed by atoms with Gasteiger partial charge < -0.3 is 10.1 Å². The molecule has 1 aliphatic heterocycles. The zero-order valence-corrected chi connectivity index (χ0v) is 9.99. The van der Waals surface area contributed by atoms with Crippen molar-refractivity contribution in [3.05, 3.63) is 29.3 Å². The molecule has 96 valence electrons. The van der Waals surface area contributed by atoms with E-state index in [0.29, 0.717) is 5.56 Å². The van der Waals surface area contributed by atoms with Crippen LogP contribution in [0.15, 0.2) is 18.2 Å². The van der Waals surface area contributed by atoms with Gasteiger partial charge in [-0.25, -0.2) is 0 Å². The van der Waals surface area contributed by atoms with Crippen LogP contribution in [0, 0.1) is 0 Å². The van der Waals surface area contributed by atoms with Gasteiger partial charge in [0.1, 0.15) is 5.75 Å². The highest BCUT2D eigenvalue weighted by molar-refractivity contribution is 5.85. The molecule has 2 rings (SSSR count). The Morgan fingerprint density at radius 3 is 2.35 bits per heavy atom. The molecule has 2 nitrogen and oxygen atoms in total. The molecule has 1 N–H and O–H groups in total. The summed E-state index contributed by atoms with van der Waals surface area (Å²) in [7, 11) is 1.37. The Morgan fingerprint density at radius 1 is 1.29 bits per heavy atom. The highest BCUT2D eigenvalue weighted by Crippen LogP contribution is 2.35. The van der Waals surface area contributed by atoms with E-state index >= 15 is 0 Å². The first-order chi connectivity index (χ1) is 7.50. The van der Waals surface area contributed by atoms with Crippen LogP contribution in [0.3, 0.4) is 0 Å². The van der Waals surface area contributed by atoms with Crippen molar-refractivity contribution in [2.75, 3.05) is 13.7 Å². The van der Waals surface area contributed by atoms with Gasteiger partial charge in [-0.2, -0.15) is 13.2 Å². The van der Waals surface area contributed by atoms with E-state index in [2.05, 4.69) is 5.32 Å². The molecule has 0 radical (unpaired) electrons. The summed E-state index contributed by atoms with van der Waals surface area (Å²) in [6.07, 6.45) is -3.46. The largest absolute Gasteiger partial charge is 0.497 e. The number of halogens is 4. The third kappa shape index (κ3) is 3.04. The maximum absolute atomic E-state index is 12.6. The van der Waals surface area contributed by atoms with E-state index in [1.54, 1.807) is 6.07 Å². The molecule has 0 saturated carbocycles. The molecule has 1 aromatic rings. The second kappa shape index (κ2) is 5.14. The smallest absolute Gasteiger partial charge is 0.416 e. The number of rotatable bonds is 2. The molecular formula is C11H13ClF3NO. The first kappa shape index (κ1) is 14.1. The van der Waals surface area contributed by atoms with E-state index in [-0.39, 0.29) is 24.2 Å². The van der Waals surface area contributed by atoms with E-state index < -0.39 is 11.7 Å². The van der Waals surface area contributed by atoms with Gasteiger partial charge in [-0.15, -0.1) is 12.4 Å². The van der Waals surface area contributed by atoms with Crippen LogP contribution >= 0.6 is 12.4 Å². The van der Waals surface area contributed by atoms with Crippen LogP contribution in [-0.2, 0) is 6.18 Å². The number of alkyl halides is 3. The number of hydrogen-bond donors (Lipinski definition) is 1. The first-order valence-corrected chi connectivity index (χ1v) is 5.00. The first-order valence-electron chi connectivity index (χ1n) is 5.00. The Balaban J connectivity index is 0.00000144. The molecule has 1 fully saturated rings. The van der Waals surface area contributed by atoms with Crippen LogP contribution in [-0.4, -0.2) is 13.7 Å². The predicted octanol–water partition coefficient (Wildman–Crippen LogP) is 3.17. The van der Waals surface area contributed by atoms with Crippen LogP contribution in [0.1, 0.15) is 23.6 Å². The Kier molecular flexibility index (Phi) is 4.27. The fourth-order valence-corrected chi connectivity index (χ4v) is 1.68. The molecule has 0 amide bonds. The summed E-state index contributed by atoms with van der Waals surface area (Å²) in [5.41, 5.74) is -0.0199. The van der Waals surface area contributed by atoms with Crippen molar-refractivity contribution in [2.45, 2.75) is 18.6 Å². The SMILES string of the molecule is COc1cc([C@@H]2CCN2)cc(C(F)(F)F)c1.Cl. The van der Waals surface area contributed by atoms with Gasteiger partial charge in [0.2, 0.25) is 0 Å². The van der Waals surface area contributed by atoms with Crippen molar-refractivity contribution in [2.24, 2.45) is 0 Å². The van der Waals surface area contributed by atoms with E-state index in [0.717, 1.165) is 19.0 Å². The van der Waals surface area contributed by atoms with Gasteiger partial charge in [-0.3, -0.25) is 0 Å². The zero-order valence-electron chi connectivity index (χ0n) is 9.17.